The summed E-state index contributed by atoms with van der Waals surface area (Å²) < 4.78 is 0. The van der Waals surface area contributed by atoms with Crippen molar-refractivity contribution in [2.24, 2.45) is 0 Å². The number of amides is 2. The SMILES string of the molecule is O=C(CCC(=O)NC(c1ccc(-c2ccccc2)cc1)C1c2ccccc2C[C@H]1O)NO. The zero-order valence-corrected chi connectivity index (χ0v) is 17.6. The van der Waals surface area contributed by atoms with Gasteiger partial charge in [-0.05, 0) is 34.2 Å². The third-order valence-electron chi connectivity index (χ3n) is 6.01. The first-order valence-corrected chi connectivity index (χ1v) is 10.7. The molecule has 3 atom stereocenters. The first kappa shape index (κ1) is 21.7. The van der Waals surface area contributed by atoms with Crippen LogP contribution in [0.1, 0.15) is 41.5 Å². The van der Waals surface area contributed by atoms with Crippen LogP contribution in [0.3, 0.4) is 0 Å². The highest BCUT2D eigenvalue weighted by molar-refractivity contribution is 5.83. The number of hydrogen-bond acceptors (Lipinski definition) is 4. The topological polar surface area (TPSA) is 98.7 Å². The molecule has 0 saturated heterocycles. The molecular weight excluding hydrogens is 404 g/mol. The molecule has 2 amide bonds. The Morgan fingerprint density at radius 2 is 1.47 bits per heavy atom. The van der Waals surface area contributed by atoms with Gasteiger partial charge in [0.25, 0.3) is 0 Å². The van der Waals surface area contributed by atoms with E-state index in [-0.39, 0.29) is 24.7 Å². The predicted molar refractivity (Wildman–Crippen MR) is 121 cm³/mol. The van der Waals surface area contributed by atoms with Gasteiger partial charge >= 0.3 is 0 Å². The molecule has 6 heteroatoms. The molecule has 0 aromatic heterocycles. The van der Waals surface area contributed by atoms with E-state index in [0.29, 0.717) is 6.42 Å². The first-order valence-electron chi connectivity index (χ1n) is 10.7. The number of fused-ring (bicyclic) bond motifs is 1. The minimum absolute atomic E-state index is 0.0601. The molecule has 3 aromatic rings. The molecule has 4 N–H and O–H groups in total. The van der Waals surface area contributed by atoms with E-state index >= 15 is 0 Å². The second-order valence-electron chi connectivity index (χ2n) is 8.06. The number of benzene rings is 3. The van der Waals surface area contributed by atoms with E-state index in [0.717, 1.165) is 27.8 Å². The molecule has 0 heterocycles. The van der Waals surface area contributed by atoms with Crippen LogP contribution >= 0.6 is 0 Å². The van der Waals surface area contributed by atoms with Crippen LogP contribution < -0.4 is 10.8 Å². The molecule has 4 rings (SSSR count). The maximum atomic E-state index is 12.7. The van der Waals surface area contributed by atoms with E-state index in [1.165, 1.54) is 0 Å². The number of hydrogen-bond donors (Lipinski definition) is 4. The predicted octanol–water partition coefficient (Wildman–Crippen LogP) is 3.50. The van der Waals surface area contributed by atoms with Gasteiger partial charge in [-0.3, -0.25) is 14.8 Å². The summed E-state index contributed by atoms with van der Waals surface area (Å²) in [5, 5.41) is 22.6. The summed E-state index contributed by atoms with van der Waals surface area (Å²) in [4.78, 5) is 24.0. The number of nitrogens with one attached hydrogen (secondary N) is 2. The van der Waals surface area contributed by atoms with Crippen molar-refractivity contribution >= 4 is 11.8 Å². The van der Waals surface area contributed by atoms with Crippen molar-refractivity contribution in [2.45, 2.75) is 37.3 Å². The van der Waals surface area contributed by atoms with Gasteiger partial charge < -0.3 is 10.4 Å². The summed E-state index contributed by atoms with van der Waals surface area (Å²) in [5.41, 5.74) is 6.68. The number of carbonyl (C=O) groups excluding carboxylic acids is 2. The van der Waals surface area contributed by atoms with Gasteiger partial charge in [-0.25, -0.2) is 5.48 Å². The molecule has 0 aliphatic heterocycles. The first-order chi connectivity index (χ1) is 15.6. The van der Waals surface area contributed by atoms with Crippen LogP contribution in [-0.2, 0) is 16.0 Å². The molecule has 2 unspecified atom stereocenters. The molecule has 32 heavy (non-hydrogen) atoms. The quantitative estimate of drug-likeness (QED) is 0.341. The molecule has 0 fully saturated rings. The van der Waals surface area contributed by atoms with E-state index in [9.17, 15) is 14.7 Å². The average Bonchev–Trinajstić information content (AvgIpc) is 3.17. The molecule has 164 valence electrons. The highest BCUT2D eigenvalue weighted by atomic mass is 16.5. The molecular formula is C26H26N2O4. The highest BCUT2D eigenvalue weighted by Gasteiger charge is 2.38. The lowest BCUT2D eigenvalue weighted by molar-refractivity contribution is -0.132. The zero-order valence-electron chi connectivity index (χ0n) is 17.6. The summed E-state index contributed by atoms with van der Waals surface area (Å²) >= 11 is 0. The van der Waals surface area contributed by atoms with E-state index in [1.54, 1.807) is 5.48 Å². The van der Waals surface area contributed by atoms with Gasteiger partial charge in [0.05, 0.1) is 12.1 Å². The Kier molecular flexibility index (Phi) is 6.63. The Bertz CT molecular complexity index is 1080. The Morgan fingerprint density at radius 1 is 0.844 bits per heavy atom. The number of hydroxylamine groups is 1. The summed E-state index contributed by atoms with van der Waals surface area (Å²) in [5.74, 6) is -1.23. The van der Waals surface area contributed by atoms with E-state index < -0.39 is 18.1 Å². The molecule has 0 spiro atoms. The van der Waals surface area contributed by atoms with Crippen molar-refractivity contribution in [3.05, 3.63) is 95.6 Å². The van der Waals surface area contributed by atoms with Crippen molar-refractivity contribution in [1.82, 2.24) is 10.8 Å². The summed E-state index contributed by atoms with van der Waals surface area (Å²) in [6.45, 7) is 0. The van der Waals surface area contributed by atoms with E-state index in [1.807, 2.05) is 78.9 Å². The smallest absolute Gasteiger partial charge is 0.243 e. The lowest BCUT2D eigenvalue weighted by atomic mass is 9.86. The largest absolute Gasteiger partial charge is 0.392 e. The Hall–Kier alpha value is -3.48. The number of carbonyl (C=O) groups is 2. The van der Waals surface area contributed by atoms with Crippen molar-refractivity contribution in [2.75, 3.05) is 0 Å². The fourth-order valence-corrected chi connectivity index (χ4v) is 4.43. The van der Waals surface area contributed by atoms with Crippen LogP contribution in [0.25, 0.3) is 11.1 Å². The molecule has 1 aliphatic carbocycles. The summed E-state index contributed by atoms with van der Waals surface area (Å²) in [6.07, 6.45) is -0.282. The molecule has 0 radical (unpaired) electrons. The highest BCUT2D eigenvalue weighted by Crippen LogP contribution is 2.42. The Morgan fingerprint density at radius 3 is 2.19 bits per heavy atom. The monoisotopic (exact) mass is 430 g/mol. The van der Waals surface area contributed by atoms with Crippen molar-refractivity contribution in [3.8, 4) is 11.1 Å². The van der Waals surface area contributed by atoms with Gasteiger partial charge in [-0.15, -0.1) is 0 Å². The van der Waals surface area contributed by atoms with Gasteiger partial charge in [-0.2, -0.15) is 0 Å². The van der Waals surface area contributed by atoms with Gasteiger partial charge in [0.1, 0.15) is 0 Å². The van der Waals surface area contributed by atoms with Crippen molar-refractivity contribution in [1.29, 1.82) is 0 Å². The summed E-state index contributed by atoms with van der Waals surface area (Å²) in [7, 11) is 0. The molecule has 3 aromatic carbocycles. The van der Waals surface area contributed by atoms with Crippen molar-refractivity contribution in [3.63, 3.8) is 0 Å². The van der Waals surface area contributed by atoms with Crippen LogP contribution in [0.15, 0.2) is 78.9 Å². The molecule has 0 bridgehead atoms. The van der Waals surface area contributed by atoms with Crippen LogP contribution in [-0.4, -0.2) is 28.2 Å². The number of rotatable bonds is 7. The van der Waals surface area contributed by atoms with Gasteiger partial charge in [-0.1, -0.05) is 78.9 Å². The van der Waals surface area contributed by atoms with Gasteiger partial charge in [0.2, 0.25) is 11.8 Å². The van der Waals surface area contributed by atoms with Gasteiger partial charge in [0.15, 0.2) is 0 Å². The number of aliphatic hydroxyl groups is 1. The van der Waals surface area contributed by atoms with Gasteiger partial charge in [0, 0.05) is 18.8 Å². The fourth-order valence-electron chi connectivity index (χ4n) is 4.43. The van der Waals surface area contributed by atoms with E-state index in [4.69, 9.17) is 5.21 Å². The van der Waals surface area contributed by atoms with Crippen molar-refractivity contribution < 1.29 is 19.9 Å². The minimum Gasteiger partial charge on any atom is -0.392 e. The zero-order chi connectivity index (χ0) is 22.5. The Labute approximate surface area is 186 Å². The number of aliphatic hydroxyl groups excluding tert-OH is 1. The normalized spacial score (nSPS) is 17.9. The van der Waals surface area contributed by atoms with Crippen LogP contribution in [0.2, 0.25) is 0 Å². The Balaban J connectivity index is 1.63. The average molecular weight is 431 g/mol. The summed E-state index contributed by atoms with van der Waals surface area (Å²) in [6, 6.07) is 25.4. The van der Waals surface area contributed by atoms with E-state index in [2.05, 4.69) is 5.32 Å². The van der Waals surface area contributed by atoms with Crippen LogP contribution in [0, 0.1) is 0 Å². The lowest BCUT2D eigenvalue weighted by Gasteiger charge is -2.29. The fraction of sp³-hybridized carbons (Fsp3) is 0.231. The molecule has 0 saturated carbocycles. The van der Waals surface area contributed by atoms with Crippen LogP contribution in [0.5, 0.6) is 0 Å². The molecule has 1 aliphatic rings. The maximum absolute atomic E-state index is 12.7. The molecule has 6 nitrogen and oxygen atoms in total. The van der Waals surface area contributed by atoms with Crippen LogP contribution in [0.4, 0.5) is 0 Å². The standard InChI is InChI=1S/C26H26N2O4/c29-22-16-20-8-4-5-9-21(20)25(22)26(27-23(30)14-15-24(31)28-32)19-12-10-18(11-13-19)17-6-2-1-3-7-17/h1-13,22,25-26,29,32H,14-16H2,(H,27,30)(H,28,31)/t22-,25?,26?/m1/s1. The minimum atomic E-state index is -0.632. The third kappa shape index (κ3) is 4.72. The third-order valence-corrected chi connectivity index (χ3v) is 6.01. The lowest BCUT2D eigenvalue weighted by Crippen LogP contribution is -2.36. The second-order valence-corrected chi connectivity index (χ2v) is 8.06. The second kappa shape index (κ2) is 9.77. The maximum Gasteiger partial charge on any atom is 0.243 e.